The fraction of sp³-hybridized carbons (Fsp3) is 0.652. The molecular weight excluding hydrogens is 336 g/mol. The number of benzene rings is 1. The molecule has 0 radical (unpaired) electrons. The molecule has 0 amide bonds. The third-order valence-electron chi connectivity index (χ3n) is 5.64. The molecule has 0 bridgehead atoms. The highest BCUT2D eigenvalue weighted by molar-refractivity contribution is 6.91. The minimum absolute atomic E-state index is 0.0504. The summed E-state index contributed by atoms with van der Waals surface area (Å²) in [6.45, 7) is 9.02. The highest BCUT2D eigenvalue weighted by atomic mass is 28.3. The molecule has 0 aromatic heterocycles. The van der Waals surface area contributed by atoms with E-state index in [1.807, 2.05) is 0 Å². The van der Waals surface area contributed by atoms with Crippen molar-refractivity contribution in [3.05, 3.63) is 42.5 Å². The van der Waals surface area contributed by atoms with Gasteiger partial charge in [0.1, 0.15) is 0 Å². The Kier molecular flexibility index (Phi) is 9.66. The third kappa shape index (κ3) is 7.01. The highest BCUT2D eigenvalue weighted by Crippen LogP contribution is 2.29. The SMILES string of the molecule is CCCC[C@H](/C=C/CCCOC1CCCCO1)[Si](C)(C)c1ccccc1. The average Bonchev–Trinajstić information content (AvgIpc) is 2.68. The van der Waals surface area contributed by atoms with Crippen LogP contribution in [-0.4, -0.2) is 27.6 Å². The average molecular weight is 375 g/mol. The van der Waals surface area contributed by atoms with Gasteiger partial charge >= 0.3 is 0 Å². The van der Waals surface area contributed by atoms with Crippen molar-refractivity contribution in [2.75, 3.05) is 13.2 Å². The van der Waals surface area contributed by atoms with Gasteiger partial charge in [-0.1, -0.05) is 80.5 Å². The Balaban J connectivity index is 1.81. The number of hydrogen-bond acceptors (Lipinski definition) is 2. The van der Waals surface area contributed by atoms with Crippen LogP contribution in [0.2, 0.25) is 18.6 Å². The van der Waals surface area contributed by atoms with Gasteiger partial charge in [0.15, 0.2) is 6.29 Å². The van der Waals surface area contributed by atoms with E-state index in [4.69, 9.17) is 9.47 Å². The van der Waals surface area contributed by atoms with E-state index in [0.717, 1.165) is 32.5 Å². The van der Waals surface area contributed by atoms with Crippen LogP contribution < -0.4 is 5.19 Å². The lowest BCUT2D eigenvalue weighted by molar-refractivity contribution is -0.162. The Morgan fingerprint density at radius 2 is 2.00 bits per heavy atom. The van der Waals surface area contributed by atoms with Crippen LogP contribution in [0.15, 0.2) is 42.5 Å². The molecular formula is C23H38O2Si. The molecule has 1 aromatic carbocycles. The molecule has 1 aliphatic heterocycles. The standard InChI is InChI=1S/C23H38O2Si/c1-4-5-14-21(26(2,3)22-15-8-6-9-16-22)17-10-7-12-19-24-23-18-11-13-20-25-23/h6,8-10,15-17,21,23H,4-5,7,11-14,18-20H2,1-3H3/b17-10+/t21-,23?/m1/s1. The van der Waals surface area contributed by atoms with E-state index in [-0.39, 0.29) is 6.29 Å². The predicted molar refractivity (Wildman–Crippen MR) is 115 cm³/mol. The molecule has 1 saturated heterocycles. The van der Waals surface area contributed by atoms with E-state index in [2.05, 4.69) is 62.5 Å². The molecule has 1 aromatic rings. The van der Waals surface area contributed by atoms with Crippen molar-refractivity contribution < 1.29 is 9.47 Å². The normalized spacial score (nSPS) is 19.7. The lowest BCUT2D eigenvalue weighted by Gasteiger charge is -2.31. The molecule has 1 aliphatic rings. The molecule has 0 N–H and O–H groups in total. The van der Waals surface area contributed by atoms with Crippen LogP contribution in [0, 0.1) is 0 Å². The molecule has 3 heteroatoms. The summed E-state index contributed by atoms with van der Waals surface area (Å²) in [4.78, 5) is 0. The first kappa shape index (κ1) is 21.4. The summed E-state index contributed by atoms with van der Waals surface area (Å²) in [6.07, 6.45) is 14.6. The van der Waals surface area contributed by atoms with Gasteiger partial charge in [-0.2, -0.15) is 0 Å². The van der Waals surface area contributed by atoms with Gasteiger partial charge in [0, 0.05) is 6.61 Å². The van der Waals surface area contributed by atoms with Crippen LogP contribution in [-0.2, 0) is 9.47 Å². The molecule has 2 nitrogen and oxygen atoms in total. The zero-order valence-electron chi connectivity index (χ0n) is 17.1. The molecule has 1 heterocycles. The van der Waals surface area contributed by atoms with E-state index in [1.54, 1.807) is 5.19 Å². The Bertz CT molecular complexity index is 506. The minimum Gasteiger partial charge on any atom is -0.353 e. The smallest absolute Gasteiger partial charge is 0.157 e. The first-order valence-electron chi connectivity index (χ1n) is 10.6. The second kappa shape index (κ2) is 11.7. The van der Waals surface area contributed by atoms with Crippen LogP contribution in [0.3, 0.4) is 0 Å². The first-order chi connectivity index (χ1) is 12.6. The van der Waals surface area contributed by atoms with E-state index < -0.39 is 8.07 Å². The monoisotopic (exact) mass is 374 g/mol. The second-order valence-corrected chi connectivity index (χ2v) is 12.8. The van der Waals surface area contributed by atoms with Gasteiger partial charge < -0.3 is 9.47 Å². The maximum absolute atomic E-state index is 5.84. The molecule has 26 heavy (non-hydrogen) atoms. The quantitative estimate of drug-likeness (QED) is 0.267. The Morgan fingerprint density at radius 3 is 2.69 bits per heavy atom. The maximum atomic E-state index is 5.84. The molecule has 146 valence electrons. The number of hydrogen-bond donors (Lipinski definition) is 0. The van der Waals surface area contributed by atoms with Crippen molar-refractivity contribution in [2.24, 2.45) is 0 Å². The summed E-state index contributed by atoms with van der Waals surface area (Å²) in [5.41, 5.74) is 0.715. The predicted octanol–water partition coefficient (Wildman–Crippen LogP) is 6.04. The molecule has 2 rings (SSSR count). The maximum Gasteiger partial charge on any atom is 0.157 e. The third-order valence-corrected chi connectivity index (χ3v) is 9.80. The Hall–Kier alpha value is -0.903. The summed E-state index contributed by atoms with van der Waals surface area (Å²) in [7, 11) is -1.48. The Labute approximate surface area is 162 Å². The summed E-state index contributed by atoms with van der Waals surface area (Å²) < 4.78 is 11.5. The lowest BCUT2D eigenvalue weighted by Crippen LogP contribution is -2.45. The molecule has 1 fully saturated rings. The summed E-state index contributed by atoms with van der Waals surface area (Å²) >= 11 is 0. The van der Waals surface area contributed by atoms with E-state index in [9.17, 15) is 0 Å². The van der Waals surface area contributed by atoms with Gasteiger partial charge in [-0.05, 0) is 44.1 Å². The molecule has 1 unspecified atom stereocenters. The number of unbranched alkanes of at least 4 members (excludes halogenated alkanes) is 2. The largest absolute Gasteiger partial charge is 0.353 e. The zero-order chi connectivity index (χ0) is 18.7. The van der Waals surface area contributed by atoms with E-state index in [1.165, 1.54) is 32.1 Å². The number of allylic oxidation sites excluding steroid dienone is 2. The van der Waals surface area contributed by atoms with Gasteiger partial charge in [-0.15, -0.1) is 0 Å². The van der Waals surface area contributed by atoms with Crippen molar-refractivity contribution in [1.29, 1.82) is 0 Å². The summed E-state index contributed by atoms with van der Waals surface area (Å²) in [6, 6.07) is 11.2. The minimum atomic E-state index is -1.48. The van der Waals surface area contributed by atoms with Crippen molar-refractivity contribution in [3.8, 4) is 0 Å². The summed E-state index contributed by atoms with van der Waals surface area (Å²) in [5.74, 6) is 0. The van der Waals surface area contributed by atoms with Crippen LogP contribution >= 0.6 is 0 Å². The fourth-order valence-electron chi connectivity index (χ4n) is 3.72. The highest BCUT2D eigenvalue weighted by Gasteiger charge is 2.31. The van der Waals surface area contributed by atoms with Crippen LogP contribution in [0.25, 0.3) is 0 Å². The second-order valence-electron chi connectivity index (χ2n) is 8.07. The van der Waals surface area contributed by atoms with Crippen LogP contribution in [0.5, 0.6) is 0 Å². The topological polar surface area (TPSA) is 18.5 Å². The van der Waals surface area contributed by atoms with Crippen LogP contribution in [0.4, 0.5) is 0 Å². The van der Waals surface area contributed by atoms with Crippen molar-refractivity contribution in [1.82, 2.24) is 0 Å². The van der Waals surface area contributed by atoms with Gasteiger partial charge in [0.2, 0.25) is 0 Å². The van der Waals surface area contributed by atoms with Gasteiger partial charge in [0.05, 0.1) is 14.7 Å². The number of rotatable bonds is 11. The molecule has 0 aliphatic carbocycles. The van der Waals surface area contributed by atoms with E-state index >= 15 is 0 Å². The lowest BCUT2D eigenvalue weighted by atomic mass is 10.1. The molecule has 0 saturated carbocycles. The molecule has 2 atom stereocenters. The van der Waals surface area contributed by atoms with Gasteiger partial charge in [0.25, 0.3) is 0 Å². The first-order valence-corrected chi connectivity index (χ1v) is 13.7. The summed E-state index contributed by atoms with van der Waals surface area (Å²) in [5, 5.41) is 1.57. The Morgan fingerprint density at radius 1 is 1.19 bits per heavy atom. The van der Waals surface area contributed by atoms with Crippen molar-refractivity contribution in [2.45, 2.75) is 83.2 Å². The fourth-order valence-corrected chi connectivity index (χ4v) is 6.75. The van der Waals surface area contributed by atoms with E-state index in [0.29, 0.717) is 5.54 Å². The van der Waals surface area contributed by atoms with Gasteiger partial charge in [-0.3, -0.25) is 0 Å². The van der Waals surface area contributed by atoms with Crippen molar-refractivity contribution >= 4 is 13.3 Å². The number of ether oxygens (including phenoxy) is 2. The molecule has 0 spiro atoms. The van der Waals surface area contributed by atoms with Crippen molar-refractivity contribution in [3.63, 3.8) is 0 Å². The van der Waals surface area contributed by atoms with Gasteiger partial charge in [-0.25, -0.2) is 0 Å². The zero-order valence-corrected chi connectivity index (χ0v) is 18.1. The van der Waals surface area contributed by atoms with Crippen LogP contribution in [0.1, 0.15) is 58.3 Å².